The molecule has 0 fully saturated rings. The molecule has 3 aromatic heterocycles. The number of nitrogens with zero attached hydrogens (tertiary/aromatic N) is 5. The highest BCUT2D eigenvalue weighted by Gasteiger charge is 2.21. The number of hydrogen-bond donors (Lipinski definition) is 1. The maximum atomic E-state index is 13.4. The summed E-state index contributed by atoms with van der Waals surface area (Å²) in [6, 6.07) is 17.4. The van der Waals surface area contributed by atoms with Gasteiger partial charge in [-0.15, -0.1) is 0 Å². The summed E-state index contributed by atoms with van der Waals surface area (Å²) < 4.78 is 7.09. The predicted molar refractivity (Wildman–Crippen MR) is 124 cm³/mol. The molecule has 5 rings (SSSR count). The van der Waals surface area contributed by atoms with Gasteiger partial charge in [0.1, 0.15) is 12.7 Å². The van der Waals surface area contributed by atoms with Crippen molar-refractivity contribution in [3.63, 3.8) is 0 Å². The first-order chi connectivity index (χ1) is 16.0. The Morgan fingerprint density at radius 1 is 1.06 bits per heavy atom. The first-order valence-corrected chi connectivity index (χ1v) is 10.6. The molecule has 0 saturated carbocycles. The molecular weight excluding hydrogens is 416 g/mol. The third-order valence-electron chi connectivity index (χ3n) is 5.63. The molecular formula is C25H22N6O2. The first kappa shape index (κ1) is 20.6. The summed E-state index contributed by atoms with van der Waals surface area (Å²) in [6.07, 6.45) is 3.13. The fraction of sp³-hybridized carbons (Fsp3) is 0.160. The summed E-state index contributed by atoms with van der Waals surface area (Å²) in [4.78, 5) is 21.9. The Bertz CT molecular complexity index is 1420. The SMILES string of the molecule is Cc1ccc(-c2cc(C(=O)NC(C)c3ccc(-n4cncn4)cc3)c3c(C)noc3n2)cc1. The van der Waals surface area contributed by atoms with Crippen LogP contribution in [0.15, 0.2) is 71.8 Å². The van der Waals surface area contributed by atoms with E-state index in [0.29, 0.717) is 28.1 Å². The van der Waals surface area contributed by atoms with E-state index in [2.05, 4.69) is 25.5 Å². The number of rotatable bonds is 5. The van der Waals surface area contributed by atoms with Crippen LogP contribution in [0.1, 0.15) is 40.1 Å². The highest BCUT2D eigenvalue weighted by Crippen LogP contribution is 2.28. The smallest absolute Gasteiger partial charge is 0.259 e. The third-order valence-corrected chi connectivity index (χ3v) is 5.63. The van der Waals surface area contributed by atoms with Crippen LogP contribution in [0, 0.1) is 13.8 Å². The van der Waals surface area contributed by atoms with E-state index in [-0.39, 0.29) is 11.9 Å². The van der Waals surface area contributed by atoms with Crippen LogP contribution in [0.25, 0.3) is 28.0 Å². The first-order valence-electron chi connectivity index (χ1n) is 10.6. The van der Waals surface area contributed by atoms with Crippen molar-refractivity contribution < 1.29 is 9.32 Å². The van der Waals surface area contributed by atoms with Crippen molar-refractivity contribution in [3.05, 3.63) is 89.6 Å². The van der Waals surface area contributed by atoms with Gasteiger partial charge in [0.25, 0.3) is 11.6 Å². The van der Waals surface area contributed by atoms with E-state index < -0.39 is 0 Å². The molecule has 0 aliphatic carbocycles. The number of fused-ring (bicyclic) bond motifs is 1. The lowest BCUT2D eigenvalue weighted by molar-refractivity contribution is 0.0941. The summed E-state index contributed by atoms with van der Waals surface area (Å²) in [5, 5.41) is 11.9. The molecule has 2 aromatic carbocycles. The minimum absolute atomic E-state index is 0.213. The molecule has 1 unspecified atom stereocenters. The molecule has 0 saturated heterocycles. The molecule has 33 heavy (non-hydrogen) atoms. The Hall–Kier alpha value is -4.33. The van der Waals surface area contributed by atoms with Crippen LogP contribution in [0.5, 0.6) is 0 Å². The average molecular weight is 438 g/mol. The Kier molecular flexibility index (Phi) is 5.18. The lowest BCUT2D eigenvalue weighted by Crippen LogP contribution is -2.27. The molecule has 0 spiro atoms. The van der Waals surface area contributed by atoms with Crippen molar-refractivity contribution in [3.8, 4) is 16.9 Å². The van der Waals surface area contributed by atoms with E-state index >= 15 is 0 Å². The van der Waals surface area contributed by atoms with Gasteiger partial charge in [-0.1, -0.05) is 47.1 Å². The summed E-state index contributed by atoms with van der Waals surface area (Å²) in [5.74, 6) is -0.213. The minimum Gasteiger partial charge on any atom is -0.345 e. The number of benzene rings is 2. The van der Waals surface area contributed by atoms with E-state index in [9.17, 15) is 4.79 Å². The molecule has 0 radical (unpaired) electrons. The maximum absolute atomic E-state index is 13.4. The van der Waals surface area contributed by atoms with Crippen LogP contribution in [-0.4, -0.2) is 30.8 Å². The second kappa shape index (κ2) is 8.31. The van der Waals surface area contributed by atoms with Gasteiger partial charge >= 0.3 is 0 Å². The largest absolute Gasteiger partial charge is 0.345 e. The summed E-state index contributed by atoms with van der Waals surface area (Å²) in [5.41, 5.74) is 6.05. The zero-order chi connectivity index (χ0) is 22.9. The number of carbonyl (C=O) groups is 1. The Balaban J connectivity index is 1.45. The van der Waals surface area contributed by atoms with Gasteiger partial charge < -0.3 is 9.84 Å². The van der Waals surface area contributed by atoms with Crippen molar-refractivity contribution in [2.45, 2.75) is 26.8 Å². The standard InChI is InChI=1S/C25H22N6O2/c1-15-4-6-19(7-5-15)22-12-21(23-17(3)30-33-25(23)29-22)24(32)28-16(2)18-8-10-20(11-9-18)31-14-26-13-27-31/h4-14,16H,1-3H3,(H,28,32). The van der Waals surface area contributed by atoms with Crippen molar-refractivity contribution in [2.24, 2.45) is 0 Å². The van der Waals surface area contributed by atoms with Crippen LogP contribution in [0.4, 0.5) is 0 Å². The maximum Gasteiger partial charge on any atom is 0.259 e. The Morgan fingerprint density at radius 3 is 2.52 bits per heavy atom. The number of carbonyl (C=O) groups excluding carboxylic acids is 1. The lowest BCUT2D eigenvalue weighted by Gasteiger charge is -2.16. The average Bonchev–Trinajstić information content (AvgIpc) is 3.49. The van der Waals surface area contributed by atoms with Crippen LogP contribution >= 0.6 is 0 Å². The molecule has 8 nitrogen and oxygen atoms in total. The highest BCUT2D eigenvalue weighted by molar-refractivity contribution is 6.07. The van der Waals surface area contributed by atoms with E-state index in [1.807, 2.05) is 69.3 Å². The number of hydrogen-bond acceptors (Lipinski definition) is 6. The number of pyridine rings is 1. The van der Waals surface area contributed by atoms with Gasteiger partial charge in [0.2, 0.25) is 0 Å². The normalized spacial score (nSPS) is 12.1. The van der Waals surface area contributed by atoms with Gasteiger partial charge in [-0.05, 0) is 44.5 Å². The van der Waals surface area contributed by atoms with Gasteiger partial charge in [-0.25, -0.2) is 14.6 Å². The zero-order valence-electron chi connectivity index (χ0n) is 18.5. The molecule has 164 valence electrons. The van der Waals surface area contributed by atoms with E-state index in [1.54, 1.807) is 17.1 Å². The Morgan fingerprint density at radius 2 is 1.82 bits per heavy atom. The van der Waals surface area contributed by atoms with E-state index in [1.165, 1.54) is 6.33 Å². The molecule has 1 atom stereocenters. The fourth-order valence-corrected chi connectivity index (χ4v) is 3.76. The number of aromatic nitrogens is 5. The van der Waals surface area contributed by atoms with E-state index in [4.69, 9.17) is 4.52 Å². The second-order valence-corrected chi connectivity index (χ2v) is 8.00. The molecule has 1 N–H and O–H groups in total. The second-order valence-electron chi connectivity index (χ2n) is 8.00. The number of aryl methyl sites for hydroxylation is 2. The zero-order valence-corrected chi connectivity index (χ0v) is 18.5. The molecule has 3 heterocycles. The number of nitrogens with one attached hydrogen (secondary N) is 1. The monoisotopic (exact) mass is 438 g/mol. The van der Waals surface area contributed by atoms with Gasteiger partial charge in [0.05, 0.1) is 34.1 Å². The predicted octanol–water partition coefficient (Wildman–Crippen LogP) is 4.58. The summed E-state index contributed by atoms with van der Waals surface area (Å²) >= 11 is 0. The fourth-order valence-electron chi connectivity index (χ4n) is 3.76. The van der Waals surface area contributed by atoms with Crippen molar-refractivity contribution in [1.82, 2.24) is 30.2 Å². The van der Waals surface area contributed by atoms with Crippen LogP contribution in [-0.2, 0) is 0 Å². The van der Waals surface area contributed by atoms with Gasteiger partial charge in [0.15, 0.2) is 0 Å². The minimum atomic E-state index is -0.214. The molecule has 8 heteroatoms. The summed E-state index contributed by atoms with van der Waals surface area (Å²) in [7, 11) is 0. The molecule has 1 amide bonds. The highest BCUT2D eigenvalue weighted by atomic mass is 16.5. The van der Waals surface area contributed by atoms with Crippen molar-refractivity contribution >= 4 is 17.0 Å². The summed E-state index contributed by atoms with van der Waals surface area (Å²) in [6.45, 7) is 5.78. The Labute approximate surface area is 190 Å². The van der Waals surface area contributed by atoms with Crippen molar-refractivity contribution in [2.75, 3.05) is 0 Å². The number of amides is 1. The molecule has 0 aliphatic rings. The topological polar surface area (TPSA) is 98.7 Å². The van der Waals surface area contributed by atoms with Gasteiger partial charge in [-0.2, -0.15) is 5.10 Å². The van der Waals surface area contributed by atoms with Crippen LogP contribution < -0.4 is 5.32 Å². The van der Waals surface area contributed by atoms with Crippen molar-refractivity contribution in [1.29, 1.82) is 0 Å². The van der Waals surface area contributed by atoms with Crippen LogP contribution in [0.2, 0.25) is 0 Å². The molecule has 0 aliphatic heterocycles. The van der Waals surface area contributed by atoms with E-state index in [0.717, 1.165) is 22.4 Å². The van der Waals surface area contributed by atoms with Crippen LogP contribution in [0.3, 0.4) is 0 Å². The van der Waals surface area contributed by atoms with Gasteiger partial charge in [-0.3, -0.25) is 4.79 Å². The lowest BCUT2D eigenvalue weighted by atomic mass is 10.0. The quantitative estimate of drug-likeness (QED) is 0.431. The van der Waals surface area contributed by atoms with Gasteiger partial charge in [0, 0.05) is 5.56 Å². The molecule has 0 bridgehead atoms. The molecule has 5 aromatic rings. The third kappa shape index (κ3) is 3.98.